The lowest BCUT2D eigenvalue weighted by molar-refractivity contribution is -0.387. The summed E-state index contributed by atoms with van der Waals surface area (Å²) >= 11 is 0. The third-order valence-electron chi connectivity index (χ3n) is 2.19. The Labute approximate surface area is 96.2 Å². The van der Waals surface area contributed by atoms with Crippen molar-refractivity contribution in [3.05, 3.63) is 39.7 Å². The summed E-state index contributed by atoms with van der Waals surface area (Å²) in [4.78, 5) is 20.1. The normalized spacial score (nSPS) is 12.1. The number of carboxylic acids is 1. The molecule has 1 unspecified atom stereocenters. The summed E-state index contributed by atoms with van der Waals surface area (Å²) in [7, 11) is 0. The Balaban J connectivity index is 2.71. The zero-order chi connectivity index (χ0) is 13.0. The number of nitro groups is 1. The molecule has 17 heavy (non-hydrogen) atoms. The van der Waals surface area contributed by atoms with Crippen LogP contribution in [0.15, 0.2) is 18.2 Å². The highest BCUT2D eigenvalue weighted by molar-refractivity contribution is 5.72. The lowest BCUT2D eigenvalue weighted by Gasteiger charge is -2.08. The quantitative estimate of drug-likeness (QED) is 0.599. The van der Waals surface area contributed by atoms with Gasteiger partial charge < -0.3 is 10.4 Å². The van der Waals surface area contributed by atoms with Crippen LogP contribution in [-0.4, -0.2) is 22.0 Å². The average Bonchev–Trinajstić information content (AvgIpc) is 2.25. The van der Waals surface area contributed by atoms with Gasteiger partial charge in [-0.15, -0.1) is 0 Å². The summed E-state index contributed by atoms with van der Waals surface area (Å²) in [6, 6.07) is 2.67. The lowest BCUT2D eigenvalue weighted by atomic mass is 10.2. The zero-order valence-corrected chi connectivity index (χ0v) is 9.01. The zero-order valence-electron chi connectivity index (χ0n) is 9.01. The fourth-order valence-corrected chi connectivity index (χ4v) is 1.17. The van der Waals surface area contributed by atoms with E-state index < -0.39 is 28.4 Å². The summed E-state index contributed by atoms with van der Waals surface area (Å²) in [5, 5.41) is 21.6. The fourth-order valence-electron chi connectivity index (χ4n) is 1.17. The molecule has 0 radical (unpaired) electrons. The van der Waals surface area contributed by atoms with Crippen LogP contribution in [0.5, 0.6) is 0 Å². The summed E-state index contributed by atoms with van der Waals surface area (Å²) < 4.78 is 13.2. The number of rotatable bonds is 5. The highest BCUT2D eigenvalue weighted by atomic mass is 19.1. The van der Waals surface area contributed by atoms with E-state index >= 15 is 0 Å². The molecule has 0 spiro atoms. The van der Waals surface area contributed by atoms with E-state index in [1.165, 1.54) is 13.0 Å². The smallest absolute Gasteiger partial charge is 0.320 e. The molecule has 0 heterocycles. The molecule has 7 heteroatoms. The van der Waals surface area contributed by atoms with Gasteiger partial charge in [-0.05, 0) is 18.6 Å². The summed E-state index contributed by atoms with van der Waals surface area (Å²) in [6.45, 7) is 1.58. The number of benzene rings is 1. The standard InChI is InChI=1S/C10H11FN2O4/c1-6(10(14)15)12-5-7-2-3-9(13(16)17)8(11)4-7/h2-4,6,12H,5H2,1H3,(H,14,15). The van der Waals surface area contributed by atoms with Gasteiger partial charge in [-0.3, -0.25) is 14.9 Å². The van der Waals surface area contributed by atoms with Gasteiger partial charge in [0.05, 0.1) is 4.92 Å². The molecule has 0 bridgehead atoms. The van der Waals surface area contributed by atoms with E-state index in [9.17, 15) is 19.3 Å². The number of nitrogens with one attached hydrogen (secondary N) is 1. The number of hydrogen-bond acceptors (Lipinski definition) is 4. The molecule has 1 atom stereocenters. The van der Waals surface area contributed by atoms with Crippen molar-refractivity contribution < 1.29 is 19.2 Å². The van der Waals surface area contributed by atoms with Crippen molar-refractivity contribution in [2.75, 3.05) is 0 Å². The average molecular weight is 242 g/mol. The second-order valence-electron chi connectivity index (χ2n) is 3.48. The first-order valence-corrected chi connectivity index (χ1v) is 4.81. The Bertz CT molecular complexity index is 450. The highest BCUT2D eigenvalue weighted by Gasteiger charge is 2.14. The number of halogens is 1. The number of carboxylic acid groups (broad SMARTS) is 1. The van der Waals surface area contributed by atoms with Crippen molar-refractivity contribution in [3.8, 4) is 0 Å². The van der Waals surface area contributed by atoms with E-state index in [4.69, 9.17) is 5.11 Å². The van der Waals surface area contributed by atoms with Crippen molar-refractivity contribution >= 4 is 11.7 Å². The van der Waals surface area contributed by atoms with Crippen LogP contribution in [0.3, 0.4) is 0 Å². The molecule has 2 N–H and O–H groups in total. The Morgan fingerprint density at radius 2 is 2.29 bits per heavy atom. The van der Waals surface area contributed by atoms with Crippen molar-refractivity contribution in [3.63, 3.8) is 0 Å². The van der Waals surface area contributed by atoms with E-state index in [0.29, 0.717) is 5.56 Å². The van der Waals surface area contributed by atoms with Crippen LogP contribution >= 0.6 is 0 Å². The lowest BCUT2D eigenvalue weighted by Crippen LogP contribution is -2.33. The maximum Gasteiger partial charge on any atom is 0.320 e. The molecule has 1 aromatic carbocycles. The Morgan fingerprint density at radius 1 is 1.65 bits per heavy atom. The minimum atomic E-state index is -1.02. The van der Waals surface area contributed by atoms with Gasteiger partial charge >= 0.3 is 11.7 Å². The van der Waals surface area contributed by atoms with Gasteiger partial charge in [0.25, 0.3) is 0 Å². The summed E-state index contributed by atoms with van der Waals surface area (Å²) in [5.41, 5.74) is -0.152. The molecule has 1 rings (SSSR count). The maximum absolute atomic E-state index is 13.2. The molecule has 0 aromatic heterocycles. The summed E-state index contributed by atoms with van der Waals surface area (Å²) in [6.07, 6.45) is 0. The van der Waals surface area contributed by atoms with Crippen molar-refractivity contribution in [1.82, 2.24) is 5.32 Å². The molecule has 0 saturated heterocycles. The molecule has 0 saturated carbocycles. The topological polar surface area (TPSA) is 92.5 Å². The molecular weight excluding hydrogens is 231 g/mol. The molecular formula is C10H11FN2O4. The SMILES string of the molecule is CC(NCc1ccc([N+](=O)[O-])c(F)c1)C(=O)O. The molecule has 1 aromatic rings. The van der Waals surface area contributed by atoms with Gasteiger partial charge in [-0.2, -0.15) is 4.39 Å². The molecule has 0 fully saturated rings. The molecule has 6 nitrogen and oxygen atoms in total. The van der Waals surface area contributed by atoms with E-state index in [-0.39, 0.29) is 6.54 Å². The van der Waals surface area contributed by atoms with Crippen molar-refractivity contribution in [2.45, 2.75) is 19.5 Å². The largest absolute Gasteiger partial charge is 0.480 e. The molecule has 0 amide bonds. The van der Waals surface area contributed by atoms with Gasteiger partial charge in [-0.1, -0.05) is 6.07 Å². The number of nitro benzene ring substituents is 1. The van der Waals surface area contributed by atoms with Crippen molar-refractivity contribution in [1.29, 1.82) is 0 Å². The number of carbonyl (C=O) groups is 1. The van der Waals surface area contributed by atoms with Crippen LogP contribution in [0.4, 0.5) is 10.1 Å². The first-order valence-electron chi connectivity index (χ1n) is 4.81. The third-order valence-corrected chi connectivity index (χ3v) is 2.19. The third kappa shape index (κ3) is 3.49. The number of nitrogens with zero attached hydrogens (tertiary/aromatic N) is 1. The monoisotopic (exact) mass is 242 g/mol. The van der Waals surface area contributed by atoms with E-state index in [1.54, 1.807) is 0 Å². The minimum Gasteiger partial charge on any atom is -0.480 e. The predicted molar refractivity (Wildman–Crippen MR) is 57.0 cm³/mol. The van der Waals surface area contributed by atoms with Gasteiger partial charge in [0.2, 0.25) is 5.82 Å². The molecule has 0 aliphatic rings. The van der Waals surface area contributed by atoms with Gasteiger partial charge in [-0.25, -0.2) is 0 Å². The first kappa shape index (κ1) is 13.0. The second kappa shape index (κ2) is 5.35. The van der Waals surface area contributed by atoms with Gasteiger partial charge in [0.1, 0.15) is 6.04 Å². The van der Waals surface area contributed by atoms with Crippen molar-refractivity contribution in [2.24, 2.45) is 0 Å². The Hall–Kier alpha value is -2.02. The number of aliphatic carboxylic acids is 1. The maximum atomic E-state index is 13.2. The number of hydrogen-bond donors (Lipinski definition) is 2. The van der Waals surface area contributed by atoms with Crippen LogP contribution in [0.25, 0.3) is 0 Å². The van der Waals surface area contributed by atoms with E-state index in [2.05, 4.69) is 5.32 Å². The Morgan fingerprint density at radius 3 is 2.76 bits per heavy atom. The highest BCUT2D eigenvalue weighted by Crippen LogP contribution is 2.17. The Kier molecular flexibility index (Phi) is 4.11. The van der Waals surface area contributed by atoms with Crippen LogP contribution in [0.2, 0.25) is 0 Å². The molecule has 0 aliphatic carbocycles. The van der Waals surface area contributed by atoms with Gasteiger partial charge in [0.15, 0.2) is 0 Å². The minimum absolute atomic E-state index is 0.127. The van der Waals surface area contributed by atoms with Crippen LogP contribution in [-0.2, 0) is 11.3 Å². The van der Waals surface area contributed by atoms with E-state index in [0.717, 1.165) is 12.1 Å². The predicted octanol–water partition coefficient (Wildman–Crippen LogP) is 1.30. The second-order valence-corrected chi connectivity index (χ2v) is 3.48. The van der Waals surface area contributed by atoms with Gasteiger partial charge in [0, 0.05) is 12.6 Å². The molecule has 92 valence electrons. The summed E-state index contributed by atoms with van der Waals surface area (Å²) in [5.74, 6) is -1.95. The fraction of sp³-hybridized carbons (Fsp3) is 0.300. The van der Waals surface area contributed by atoms with E-state index in [1.807, 2.05) is 0 Å². The molecule has 0 aliphatic heterocycles. The first-order chi connectivity index (χ1) is 7.91. The van der Waals surface area contributed by atoms with Crippen LogP contribution in [0, 0.1) is 15.9 Å². The van der Waals surface area contributed by atoms with Crippen LogP contribution in [0.1, 0.15) is 12.5 Å². The van der Waals surface area contributed by atoms with Crippen LogP contribution < -0.4 is 5.32 Å².